The van der Waals surface area contributed by atoms with Crippen LogP contribution in [0.1, 0.15) is 22.3 Å². The summed E-state index contributed by atoms with van der Waals surface area (Å²) in [5.41, 5.74) is 19.0. The van der Waals surface area contributed by atoms with Crippen LogP contribution in [-0.4, -0.2) is 4.57 Å². The van der Waals surface area contributed by atoms with Crippen LogP contribution in [0.25, 0.3) is 72.0 Å². The van der Waals surface area contributed by atoms with Crippen LogP contribution in [0, 0.1) is 0 Å². The summed E-state index contributed by atoms with van der Waals surface area (Å²) in [6, 6.07) is 69.7. The summed E-state index contributed by atoms with van der Waals surface area (Å²) in [5, 5.41) is 2.54. The van der Waals surface area contributed by atoms with Crippen molar-refractivity contribution < 1.29 is 0 Å². The van der Waals surface area contributed by atoms with Crippen LogP contribution in [0.3, 0.4) is 0 Å². The monoisotopic (exact) mass is 713 g/mol. The van der Waals surface area contributed by atoms with E-state index >= 15 is 0 Å². The van der Waals surface area contributed by atoms with Crippen LogP contribution in [0.4, 0.5) is 0 Å². The van der Waals surface area contributed by atoms with E-state index in [4.69, 9.17) is 0 Å². The Morgan fingerprint density at radius 3 is 1.46 bits per heavy atom. The van der Waals surface area contributed by atoms with Crippen molar-refractivity contribution in [2.24, 2.45) is 0 Å². The molecule has 0 fully saturated rings. The number of fused-ring (bicyclic) bond motifs is 13. The maximum atomic E-state index is 3.46. The molecule has 264 valence electrons. The summed E-state index contributed by atoms with van der Waals surface area (Å²) < 4.78 is 2.38. The molecule has 0 radical (unpaired) electrons. The zero-order valence-corrected chi connectivity index (χ0v) is 31.1. The zero-order valence-electron chi connectivity index (χ0n) is 31.1. The second-order valence-corrected chi connectivity index (χ2v) is 14.5. The number of nitrogens with zero attached hydrogens (tertiary/aromatic N) is 1. The van der Waals surface area contributed by atoms with Crippen molar-refractivity contribution in [2.75, 3.05) is 0 Å². The summed E-state index contributed by atoms with van der Waals surface area (Å²) in [7, 11) is 0. The molecule has 0 saturated heterocycles. The molecule has 2 aliphatic rings. The van der Waals surface area contributed by atoms with Crippen molar-refractivity contribution in [1.82, 2.24) is 4.57 Å². The average molecular weight is 714 g/mol. The van der Waals surface area contributed by atoms with Gasteiger partial charge in [-0.15, -0.1) is 0 Å². The highest BCUT2D eigenvalue weighted by atomic mass is 15.0. The highest BCUT2D eigenvalue weighted by Crippen LogP contribution is 2.63. The first kappa shape index (κ1) is 33.4. The predicted molar refractivity (Wildman–Crippen MR) is 237 cm³/mol. The molecule has 1 nitrogen and oxygen atoms in total. The van der Waals surface area contributed by atoms with Gasteiger partial charge in [-0.1, -0.05) is 183 Å². The number of para-hydroxylation sites is 2. The molecule has 0 unspecified atom stereocenters. The second kappa shape index (κ2) is 13.6. The molecular weight excluding hydrogens is 675 g/mol. The molecule has 0 N–H and O–H groups in total. The summed E-state index contributed by atoms with van der Waals surface area (Å²) in [5.74, 6) is 0. The first-order valence-corrected chi connectivity index (χ1v) is 19.3. The van der Waals surface area contributed by atoms with Crippen molar-refractivity contribution in [3.05, 3.63) is 248 Å². The number of rotatable bonds is 5. The minimum atomic E-state index is -0.343. The van der Waals surface area contributed by atoms with Crippen molar-refractivity contribution in [1.29, 1.82) is 0 Å². The fourth-order valence-corrected chi connectivity index (χ4v) is 9.32. The van der Waals surface area contributed by atoms with E-state index in [1.54, 1.807) is 12.2 Å². The van der Waals surface area contributed by atoms with Crippen molar-refractivity contribution in [2.45, 2.75) is 5.41 Å². The smallest absolute Gasteiger partial charge is 0.0725 e. The van der Waals surface area contributed by atoms with Gasteiger partial charge in [-0.3, -0.25) is 0 Å². The van der Waals surface area contributed by atoms with Gasteiger partial charge in [-0.2, -0.15) is 0 Å². The van der Waals surface area contributed by atoms with Crippen LogP contribution in [0.5, 0.6) is 0 Å². The minimum absolute atomic E-state index is 0.343. The maximum Gasteiger partial charge on any atom is 0.0725 e. The Balaban J connectivity index is 0.000000597. The topological polar surface area (TPSA) is 4.93 Å². The Bertz CT molecular complexity index is 2940. The lowest BCUT2D eigenvalue weighted by Crippen LogP contribution is -2.25. The van der Waals surface area contributed by atoms with E-state index in [0.29, 0.717) is 0 Å². The first-order chi connectivity index (χ1) is 27.7. The Hall–Kier alpha value is -7.22. The number of benzene rings is 8. The fraction of sp³-hybridized carbons (Fsp3) is 0.0182. The molecule has 0 saturated carbocycles. The third-order valence-electron chi connectivity index (χ3n) is 11.6. The Morgan fingerprint density at radius 1 is 0.357 bits per heavy atom. The third-order valence-corrected chi connectivity index (χ3v) is 11.6. The number of allylic oxidation sites excluding steroid dienone is 4. The predicted octanol–water partition coefficient (Wildman–Crippen LogP) is 14.4. The molecule has 2 aliphatic carbocycles. The lowest BCUT2D eigenvalue weighted by atomic mass is 9.70. The zero-order chi connectivity index (χ0) is 37.6. The summed E-state index contributed by atoms with van der Waals surface area (Å²) in [4.78, 5) is 0. The van der Waals surface area contributed by atoms with Crippen LogP contribution in [0.15, 0.2) is 226 Å². The molecule has 9 aromatic rings. The number of hydrogen-bond donors (Lipinski definition) is 0. The Morgan fingerprint density at radius 2 is 0.839 bits per heavy atom. The quantitative estimate of drug-likeness (QED) is 0.157. The van der Waals surface area contributed by atoms with Crippen LogP contribution < -0.4 is 0 Å². The highest BCUT2D eigenvalue weighted by molar-refractivity contribution is 6.10. The number of aromatic nitrogens is 1. The van der Waals surface area contributed by atoms with E-state index in [9.17, 15) is 0 Å². The standard InChI is InChI=1S/C49H31N.C6H8/c1-2-15-36(16-3-1)50-47-24-11-7-20-41(47)42-30-34(26-28-48(42)50)32-13-12-14-33(29-32)35-25-27-40-39-19-6-10-23-45(39)49(46(40)31-35)43-21-8-4-17-37(43)38-18-5-9-22-44(38)49;1-3-5-6-4-2/h1-31H;3-6H,1-2H2/b;6-5-. The van der Waals surface area contributed by atoms with Gasteiger partial charge in [-0.25, -0.2) is 0 Å². The second-order valence-electron chi connectivity index (χ2n) is 14.5. The van der Waals surface area contributed by atoms with Crippen molar-refractivity contribution in [3.63, 3.8) is 0 Å². The van der Waals surface area contributed by atoms with Gasteiger partial charge < -0.3 is 4.57 Å². The molecule has 8 aromatic carbocycles. The summed E-state index contributed by atoms with van der Waals surface area (Å²) in [6.07, 6.45) is 7.07. The van der Waals surface area contributed by atoms with Crippen LogP contribution in [-0.2, 0) is 5.41 Å². The van der Waals surface area contributed by atoms with Crippen LogP contribution in [0.2, 0.25) is 0 Å². The maximum absolute atomic E-state index is 3.46. The average Bonchev–Trinajstić information content (AvgIpc) is 3.87. The molecule has 0 aliphatic heterocycles. The lowest BCUT2D eigenvalue weighted by Gasteiger charge is -2.30. The SMILES string of the molecule is C=C/C=C\C=C.c1ccc(-n2c3ccccc3c3cc(-c4cccc(-c5ccc6c(c5)C5(c7ccccc7-c7ccccc75)c5ccccc5-6)c4)ccc32)cc1. The first-order valence-electron chi connectivity index (χ1n) is 19.3. The van der Waals surface area contributed by atoms with Gasteiger partial charge in [-0.05, 0) is 109 Å². The summed E-state index contributed by atoms with van der Waals surface area (Å²) in [6.45, 7) is 6.93. The fourth-order valence-electron chi connectivity index (χ4n) is 9.32. The van der Waals surface area contributed by atoms with Gasteiger partial charge in [0, 0.05) is 16.5 Å². The largest absolute Gasteiger partial charge is 0.309 e. The lowest BCUT2D eigenvalue weighted by molar-refractivity contribution is 0.794. The van der Waals surface area contributed by atoms with E-state index in [0.717, 1.165) is 0 Å². The van der Waals surface area contributed by atoms with E-state index in [1.807, 2.05) is 12.2 Å². The van der Waals surface area contributed by atoms with Gasteiger partial charge in [0.15, 0.2) is 0 Å². The molecule has 1 spiro atoms. The Labute approximate surface area is 328 Å². The highest BCUT2D eigenvalue weighted by Gasteiger charge is 2.51. The normalized spacial score (nSPS) is 12.9. The van der Waals surface area contributed by atoms with Gasteiger partial charge in [0.05, 0.1) is 16.4 Å². The molecule has 11 rings (SSSR count). The molecule has 1 heteroatoms. The van der Waals surface area contributed by atoms with Gasteiger partial charge in [0.2, 0.25) is 0 Å². The molecule has 56 heavy (non-hydrogen) atoms. The van der Waals surface area contributed by atoms with E-state index in [1.165, 1.54) is 94.3 Å². The third kappa shape index (κ3) is 5.02. The van der Waals surface area contributed by atoms with Crippen LogP contribution >= 0.6 is 0 Å². The van der Waals surface area contributed by atoms with E-state index in [2.05, 4.69) is 206 Å². The Kier molecular flexibility index (Phi) is 8.08. The van der Waals surface area contributed by atoms with Crippen molar-refractivity contribution >= 4 is 21.8 Å². The van der Waals surface area contributed by atoms with Gasteiger partial charge >= 0.3 is 0 Å². The molecule has 0 amide bonds. The molecular formula is C55H39N. The van der Waals surface area contributed by atoms with Gasteiger partial charge in [0.25, 0.3) is 0 Å². The molecule has 1 heterocycles. The molecule has 1 aromatic heterocycles. The minimum Gasteiger partial charge on any atom is -0.309 e. The van der Waals surface area contributed by atoms with E-state index < -0.39 is 0 Å². The number of hydrogen-bond acceptors (Lipinski definition) is 0. The van der Waals surface area contributed by atoms with Gasteiger partial charge in [0.1, 0.15) is 0 Å². The molecule has 0 atom stereocenters. The molecule has 0 bridgehead atoms. The summed E-state index contributed by atoms with van der Waals surface area (Å²) >= 11 is 0. The van der Waals surface area contributed by atoms with Crippen molar-refractivity contribution in [3.8, 4) is 50.2 Å². The van der Waals surface area contributed by atoms with E-state index in [-0.39, 0.29) is 5.41 Å².